The Hall–Kier alpha value is -1.61. The Morgan fingerprint density at radius 2 is 2.03 bits per heavy atom. The number of rotatable bonds is 6. The number of aromatic nitrogens is 2. The Balaban J connectivity index is 0.00000256. The van der Waals surface area contributed by atoms with Gasteiger partial charge in [0.2, 0.25) is 0 Å². The van der Waals surface area contributed by atoms with Crippen LogP contribution in [0.25, 0.3) is 0 Å². The summed E-state index contributed by atoms with van der Waals surface area (Å²) >= 11 is 0. The maximum absolute atomic E-state index is 4.89. The summed E-state index contributed by atoms with van der Waals surface area (Å²) in [5.74, 6) is 1.80. The Morgan fingerprint density at radius 3 is 2.80 bits per heavy atom. The fourth-order valence-corrected chi connectivity index (χ4v) is 4.83. The van der Waals surface area contributed by atoms with Crippen molar-refractivity contribution in [2.24, 2.45) is 10.9 Å². The molecular formula is C23H35IN6. The average Bonchev–Trinajstić information content (AvgIpc) is 3.27. The van der Waals surface area contributed by atoms with Gasteiger partial charge in [0, 0.05) is 44.6 Å². The molecule has 6 nitrogen and oxygen atoms in total. The van der Waals surface area contributed by atoms with Crippen molar-refractivity contribution >= 4 is 29.9 Å². The molecule has 0 saturated carbocycles. The van der Waals surface area contributed by atoms with Crippen LogP contribution in [0.5, 0.6) is 0 Å². The SMILES string of the molecule is CCNC(=NCCn1cccn1)N1CCC2C(CCCN2Cc2ccccc2)C1.I. The zero-order valence-electron chi connectivity index (χ0n) is 18.0. The summed E-state index contributed by atoms with van der Waals surface area (Å²) in [5.41, 5.74) is 1.43. The van der Waals surface area contributed by atoms with Gasteiger partial charge in [-0.15, -0.1) is 24.0 Å². The minimum absolute atomic E-state index is 0. The highest BCUT2D eigenvalue weighted by Crippen LogP contribution is 2.31. The Labute approximate surface area is 197 Å². The van der Waals surface area contributed by atoms with Gasteiger partial charge < -0.3 is 10.2 Å². The van der Waals surface area contributed by atoms with Gasteiger partial charge in [-0.1, -0.05) is 30.3 Å². The van der Waals surface area contributed by atoms with Crippen LogP contribution in [0.3, 0.4) is 0 Å². The first-order valence-electron chi connectivity index (χ1n) is 11.1. The molecule has 0 amide bonds. The van der Waals surface area contributed by atoms with Crippen LogP contribution in [0.2, 0.25) is 0 Å². The van der Waals surface area contributed by atoms with E-state index in [1.54, 1.807) is 0 Å². The number of guanidine groups is 1. The maximum Gasteiger partial charge on any atom is 0.193 e. The van der Waals surface area contributed by atoms with Crippen molar-refractivity contribution in [1.82, 2.24) is 24.9 Å². The molecule has 2 saturated heterocycles. The van der Waals surface area contributed by atoms with Crippen LogP contribution in [0, 0.1) is 5.92 Å². The van der Waals surface area contributed by atoms with E-state index in [0.717, 1.165) is 51.1 Å². The second kappa shape index (κ2) is 11.7. The van der Waals surface area contributed by atoms with E-state index in [4.69, 9.17) is 4.99 Å². The lowest BCUT2D eigenvalue weighted by Gasteiger charge is -2.48. The van der Waals surface area contributed by atoms with Crippen LogP contribution in [0.1, 0.15) is 31.7 Å². The number of hydrogen-bond acceptors (Lipinski definition) is 3. The van der Waals surface area contributed by atoms with Crippen molar-refractivity contribution in [2.75, 3.05) is 32.7 Å². The van der Waals surface area contributed by atoms with E-state index in [1.165, 1.54) is 31.4 Å². The van der Waals surface area contributed by atoms with Gasteiger partial charge >= 0.3 is 0 Å². The smallest absolute Gasteiger partial charge is 0.193 e. The predicted octanol–water partition coefficient (Wildman–Crippen LogP) is 3.45. The highest BCUT2D eigenvalue weighted by molar-refractivity contribution is 14.0. The topological polar surface area (TPSA) is 48.7 Å². The number of halogens is 1. The lowest BCUT2D eigenvalue weighted by Crippen LogP contribution is -2.56. The van der Waals surface area contributed by atoms with E-state index < -0.39 is 0 Å². The van der Waals surface area contributed by atoms with Crippen molar-refractivity contribution in [2.45, 2.75) is 45.3 Å². The summed E-state index contributed by atoms with van der Waals surface area (Å²) < 4.78 is 1.95. The van der Waals surface area contributed by atoms with Gasteiger partial charge in [-0.2, -0.15) is 5.10 Å². The normalized spacial score (nSPS) is 22.3. The molecule has 2 unspecified atom stereocenters. The molecule has 0 aliphatic carbocycles. The first-order chi connectivity index (χ1) is 14.3. The molecule has 7 heteroatoms. The van der Waals surface area contributed by atoms with Crippen molar-refractivity contribution < 1.29 is 0 Å². The molecule has 1 aromatic carbocycles. The second-order valence-electron chi connectivity index (χ2n) is 8.17. The van der Waals surface area contributed by atoms with Crippen LogP contribution in [0.4, 0.5) is 0 Å². The number of piperidine rings is 2. The summed E-state index contributed by atoms with van der Waals surface area (Å²) in [6, 6.07) is 13.6. The molecule has 1 aromatic heterocycles. The van der Waals surface area contributed by atoms with Gasteiger partial charge in [0.25, 0.3) is 0 Å². The number of nitrogens with zero attached hydrogens (tertiary/aromatic N) is 5. The number of hydrogen-bond donors (Lipinski definition) is 1. The van der Waals surface area contributed by atoms with Crippen molar-refractivity contribution in [3.8, 4) is 0 Å². The van der Waals surface area contributed by atoms with Crippen LogP contribution in [0.15, 0.2) is 53.8 Å². The van der Waals surface area contributed by atoms with Crippen LogP contribution in [-0.2, 0) is 13.1 Å². The minimum Gasteiger partial charge on any atom is -0.357 e. The van der Waals surface area contributed by atoms with E-state index in [0.29, 0.717) is 6.04 Å². The third-order valence-corrected chi connectivity index (χ3v) is 6.20. The van der Waals surface area contributed by atoms with Crippen molar-refractivity contribution in [3.05, 3.63) is 54.4 Å². The van der Waals surface area contributed by atoms with E-state index in [-0.39, 0.29) is 24.0 Å². The van der Waals surface area contributed by atoms with E-state index in [1.807, 2.05) is 23.1 Å². The molecule has 2 aliphatic rings. The summed E-state index contributed by atoms with van der Waals surface area (Å²) in [6.07, 6.45) is 7.68. The second-order valence-corrected chi connectivity index (χ2v) is 8.17. The molecule has 3 heterocycles. The predicted molar refractivity (Wildman–Crippen MR) is 133 cm³/mol. The van der Waals surface area contributed by atoms with E-state index >= 15 is 0 Å². The number of likely N-dealkylation sites (tertiary alicyclic amines) is 2. The van der Waals surface area contributed by atoms with Crippen molar-refractivity contribution in [3.63, 3.8) is 0 Å². The summed E-state index contributed by atoms with van der Waals surface area (Å²) in [5, 5.41) is 7.79. The highest BCUT2D eigenvalue weighted by atomic mass is 127. The monoisotopic (exact) mass is 522 g/mol. The number of fused-ring (bicyclic) bond motifs is 1. The van der Waals surface area contributed by atoms with Gasteiger partial charge in [-0.05, 0) is 50.3 Å². The van der Waals surface area contributed by atoms with Crippen LogP contribution >= 0.6 is 24.0 Å². The molecule has 2 atom stereocenters. The zero-order chi connectivity index (χ0) is 19.9. The van der Waals surface area contributed by atoms with Crippen molar-refractivity contribution in [1.29, 1.82) is 0 Å². The first kappa shape index (κ1) is 23.1. The maximum atomic E-state index is 4.89. The average molecular weight is 522 g/mol. The highest BCUT2D eigenvalue weighted by Gasteiger charge is 2.36. The van der Waals surface area contributed by atoms with Gasteiger partial charge in [-0.25, -0.2) is 0 Å². The summed E-state index contributed by atoms with van der Waals surface area (Å²) in [7, 11) is 0. The van der Waals surface area contributed by atoms with E-state index in [9.17, 15) is 0 Å². The lowest BCUT2D eigenvalue weighted by atomic mass is 9.83. The van der Waals surface area contributed by atoms with E-state index in [2.05, 4.69) is 57.5 Å². The molecule has 4 rings (SSSR count). The fourth-order valence-electron chi connectivity index (χ4n) is 4.83. The standard InChI is InChI=1S/C23H34N6.HI/c1-2-24-23(25-13-17-29-15-7-12-26-29)28-16-11-22-21(19-28)10-6-14-27(22)18-20-8-4-3-5-9-20;/h3-5,7-9,12,15,21-22H,2,6,10-11,13-14,16-19H2,1H3,(H,24,25);1H. The minimum atomic E-state index is 0. The quantitative estimate of drug-likeness (QED) is 0.359. The molecule has 0 bridgehead atoms. The largest absolute Gasteiger partial charge is 0.357 e. The summed E-state index contributed by atoms with van der Waals surface area (Å²) in [4.78, 5) is 10.1. The molecule has 164 valence electrons. The molecule has 2 aromatic rings. The number of nitrogens with one attached hydrogen (secondary N) is 1. The molecule has 2 fully saturated rings. The molecule has 1 N–H and O–H groups in total. The number of aliphatic imine (C=N–C) groups is 1. The van der Waals surface area contributed by atoms with Gasteiger partial charge in [-0.3, -0.25) is 14.6 Å². The Kier molecular flexibility index (Phi) is 8.99. The molecular weight excluding hydrogens is 487 g/mol. The number of benzene rings is 1. The Morgan fingerprint density at radius 1 is 1.17 bits per heavy atom. The first-order valence-corrected chi connectivity index (χ1v) is 11.1. The van der Waals surface area contributed by atoms with Crippen LogP contribution in [-0.4, -0.2) is 64.3 Å². The third kappa shape index (κ3) is 5.97. The lowest BCUT2D eigenvalue weighted by molar-refractivity contribution is 0.0372. The molecule has 0 spiro atoms. The van der Waals surface area contributed by atoms with Gasteiger partial charge in [0.1, 0.15) is 0 Å². The fraction of sp³-hybridized carbons (Fsp3) is 0.565. The van der Waals surface area contributed by atoms with Gasteiger partial charge in [0.15, 0.2) is 5.96 Å². The zero-order valence-corrected chi connectivity index (χ0v) is 20.3. The summed E-state index contributed by atoms with van der Waals surface area (Å²) in [6.45, 7) is 9.16. The van der Waals surface area contributed by atoms with Crippen LogP contribution < -0.4 is 5.32 Å². The third-order valence-electron chi connectivity index (χ3n) is 6.20. The molecule has 30 heavy (non-hydrogen) atoms. The van der Waals surface area contributed by atoms with Gasteiger partial charge in [0.05, 0.1) is 13.1 Å². The Bertz CT molecular complexity index is 763. The molecule has 2 aliphatic heterocycles. The molecule has 0 radical (unpaired) electrons.